The van der Waals surface area contributed by atoms with E-state index in [1.165, 1.54) is 12.1 Å². The minimum Gasteiger partial charge on any atom is -0.467 e. The van der Waals surface area contributed by atoms with Crippen LogP contribution in [0.4, 0.5) is 10.5 Å². The molecule has 0 aliphatic rings. The van der Waals surface area contributed by atoms with Crippen LogP contribution in [0, 0.1) is 0 Å². The third kappa shape index (κ3) is 6.88. The molecular weight excluding hydrogens is 411 g/mol. The van der Waals surface area contributed by atoms with E-state index < -0.39 is 37.5 Å². The first kappa shape index (κ1) is 23.4. The van der Waals surface area contributed by atoms with Crippen LogP contribution in [-0.4, -0.2) is 41.4 Å². The number of alkyl carbamates (subject to hydrolysis) is 1. The molecule has 0 bridgehead atoms. The van der Waals surface area contributed by atoms with Crippen molar-refractivity contribution in [3.05, 3.63) is 65.7 Å². The maximum absolute atomic E-state index is 12.6. The van der Waals surface area contributed by atoms with Crippen molar-refractivity contribution >= 4 is 25.1 Å². The lowest BCUT2D eigenvalue weighted by Gasteiger charge is -2.21. The van der Waals surface area contributed by atoms with E-state index in [0.717, 1.165) is 12.7 Å². The summed E-state index contributed by atoms with van der Waals surface area (Å²) in [6.07, 6.45) is -1.56. The van der Waals surface area contributed by atoms with Crippen LogP contribution in [0.1, 0.15) is 23.4 Å². The Balaban J connectivity index is 1.97. The molecule has 2 unspecified atom stereocenters. The zero-order chi connectivity index (χ0) is 22.1. The third-order valence-electron chi connectivity index (χ3n) is 4.32. The molecule has 0 heterocycles. The molecule has 0 fully saturated rings. The number of hydrogen-bond donors (Lipinski definition) is 4. The number of aliphatic hydroxyl groups is 1. The van der Waals surface area contributed by atoms with Crippen molar-refractivity contribution in [3.8, 4) is 0 Å². The van der Waals surface area contributed by atoms with Crippen LogP contribution < -0.4 is 11.1 Å². The first-order valence-electron chi connectivity index (χ1n) is 9.13. The highest BCUT2D eigenvalue weighted by molar-refractivity contribution is 7.58. The number of carbonyl (C=O) groups is 2. The van der Waals surface area contributed by atoms with Crippen molar-refractivity contribution in [2.45, 2.75) is 24.9 Å². The molecule has 10 heteroatoms. The SMILES string of the molecule is COC(=O)[C@H](CCP(=O)(O)C(O)c1cccc(N)c1)NC(=O)OCc1ccccc1. The van der Waals surface area contributed by atoms with Gasteiger partial charge in [-0.1, -0.05) is 42.5 Å². The highest BCUT2D eigenvalue weighted by Gasteiger charge is 2.33. The molecule has 0 saturated carbocycles. The zero-order valence-corrected chi connectivity index (χ0v) is 17.3. The molecule has 0 aromatic heterocycles. The Hall–Kier alpha value is -2.87. The molecule has 0 saturated heterocycles. The molecule has 9 nitrogen and oxygen atoms in total. The molecule has 0 spiro atoms. The van der Waals surface area contributed by atoms with Gasteiger partial charge in [0.15, 0.2) is 5.85 Å². The van der Waals surface area contributed by atoms with Gasteiger partial charge in [-0.2, -0.15) is 0 Å². The number of benzene rings is 2. The molecule has 162 valence electrons. The van der Waals surface area contributed by atoms with E-state index in [9.17, 15) is 24.2 Å². The lowest BCUT2D eigenvalue weighted by atomic mass is 10.2. The number of esters is 1. The minimum atomic E-state index is -4.14. The number of nitrogens with one attached hydrogen (secondary N) is 1. The predicted octanol–water partition coefficient (Wildman–Crippen LogP) is 2.39. The van der Waals surface area contributed by atoms with Crippen molar-refractivity contribution in [2.75, 3.05) is 19.0 Å². The number of nitrogen functional groups attached to an aromatic ring is 1. The van der Waals surface area contributed by atoms with Crippen molar-refractivity contribution < 1.29 is 33.6 Å². The lowest BCUT2D eigenvalue weighted by molar-refractivity contribution is -0.143. The Bertz CT molecular complexity index is 907. The highest BCUT2D eigenvalue weighted by atomic mass is 31.2. The zero-order valence-electron chi connectivity index (χ0n) is 16.4. The van der Waals surface area contributed by atoms with Crippen LogP contribution >= 0.6 is 7.37 Å². The molecule has 2 rings (SSSR count). The van der Waals surface area contributed by atoms with E-state index in [1.54, 1.807) is 36.4 Å². The molecule has 30 heavy (non-hydrogen) atoms. The fraction of sp³-hybridized carbons (Fsp3) is 0.300. The van der Waals surface area contributed by atoms with E-state index >= 15 is 0 Å². The van der Waals surface area contributed by atoms with Gasteiger partial charge in [0, 0.05) is 11.8 Å². The van der Waals surface area contributed by atoms with Gasteiger partial charge in [-0.25, -0.2) is 9.59 Å². The van der Waals surface area contributed by atoms with Crippen molar-refractivity contribution in [1.82, 2.24) is 5.32 Å². The number of anilines is 1. The lowest BCUT2D eigenvalue weighted by Crippen LogP contribution is -2.42. The smallest absolute Gasteiger partial charge is 0.408 e. The second-order valence-electron chi connectivity index (χ2n) is 6.59. The van der Waals surface area contributed by atoms with Gasteiger partial charge in [0.05, 0.1) is 7.11 Å². The number of nitrogens with two attached hydrogens (primary N) is 1. The van der Waals surface area contributed by atoms with E-state index in [4.69, 9.17) is 10.5 Å². The molecule has 2 aromatic carbocycles. The van der Waals surface area contributed by atoms with Gasteiger partial charge in [-0.15, -0.1) is 0 Å². The Labute approximate surface area is 174 Å². The highest BCUT2D eigenvalue weighted by Crippen LogP contribution is 2.54. The van der Waals surface area contributed by atoms with Gasteiger partial charge in [0.1, 0.15) is 12.6 Å². The normalized spacial score (nSPS) is 14.8. The van der Waals surface area contributed by atoms with Crippen molar-refractivity contribution in [3.63, 3.8) is 0 Å². The van der Waals surface area contributed by atoms with Gasteiger partial charge < -0.3 is 30.5 Å². The quantitative estimate of drug-likeness (QED) is 0.266. The Morgan fingerprint density at radius 3 is 2.50 bits per heavy atom. The number of aliphatic hydroxyl groups excluding tert-OH is 1. The predicted molar refractivity (Wildman–Crippen MR) is 111 cm³/mol. The molecule has 0 aliphatic carbocycles. The van der Waals surface area contributed by atoms with Crippen molar-refractivity contribution in [1.29, 1.82) is 0 Å². The monoisotopic (exact) mass is 436 g/mol. The molecule has 0 radical (unpaired) electrons. The van der Waals surface area contributed by atoms with Crippen LogP contribution in [0.2, 0.25) is 0 Å². The van der Waals surface area contributed by atoms with Gasteiger partial charge in [0.2, 0.25) is 7.37 Å². The average molecular weight is 436 g/mol. The number of hydrogen-bond acceptors (Lipinski definition) is 7. The minimum absolute atomic E-state index is 0.00674. The summed E-state index contributed by atoms with van der Waals surface area (Å²) in [5, 5.41) is 12.6. The number of carbonyl (C=O) groups excluding carboxylic acids is 2. The number of methoxy groups -OCH3 is 1. The van der Waals surface area contributed by atoms with E-state index in [-0.39, 0.29) is 18.6 Å². The van der Waals surface area contributed by atoms with Gasteiger partial charge in [0.25, 0.3) is 0 Å². The molecular formula is C20H25N2O7P. The fourth-order valence-electron chi connectivity index (χ4n) is 2.69. The summed E-state index contributed by atoms with van der Waals surface area (Å²) in [5.41, 5.74) is 6.92. The Morgan fingerprint density at radius 2 is 1.87 bits per heavy atom. The van der Waals surface area contributed by atoms with Crippen LogP contribution in [0.15, 0.2) is 54.6 Å². The second kappa shape index (κ2) is 10.8. The summed E-state index contributed by atoms with van der Waals surface area (Å²) in [6, 6.07) is 13.7. The van der Waals surface area contributed by atoms with Crippen LogP contribution in [0.25, 0.3) is 0 Å². The summed E-state index contributed by atoms with van der Waals surface area (Å²) in [5.74, 6) is -2.48. The summed E-state index contributed by atoms with van der Waals surface area (Å²) in [6.45, 7) is -0.00674. The Morgan fingerprint density at radius 1 is 1.17 bits per heavy atom. The third-order valence-corrected chi connectivity index (χ3v) is 6.28. The number of rotatable bonds is 9. The fourth-order valence-corrected chi connectivity index (χ4v) is 4.19. The van der Waals surface area contributed by atoms with Crippen LogP contribution in [-0.2, 0) is 25.4 Å². The Kier molecular flexibility index (Phi) is 8.41. The summed E-state index contributed by atoms with van der Waals surface area (Å²) in [4.78, 5) is 34.3. The van der Waals surface area contributed by atoms with E-state index in [0.29, 0.717) is 5.69 Å². The van der Waals surface area contributed by atoms with E-state index in [2.05, 4.69) is 10.1 Å². The summed E-state index contributed by atoms with van der Waals surface area (Å²) in [7, 11) is -3.00. The first-order valence-corrected chi connectivity index (χ1v) is 11.0. The van der Waals surface area contributed by atoms with Crippen molar-refractivity contribution in [2.24, 2.45) is 0 Å². The average Bonchev–Trinajstić information content (AvgIpc) is 2.74. The second-order valence-corrected chi connectivity index (χ2v) is 9.04. The summed E-state index contributed by atoms with van der Waals surface area (Å²) >= 11 is 0. The van der Waals surface area contributed by atoms with Gasteiger partial charge in [-0.3, -0.25) is 4.57 Å². The largest absolute Gasteiger partial charge is 0.467 e. The standard InChI is InChI=1S/C20H25N2O7P/c1-28-18(23)17(22-20(25)29-13-14-6-3-2-4-7-14)10-11-30(26,27)19(24)15-8-5-9-16(21)12-15/h2-9,12,17,19,24H,10-11,13,21H2,1H3,(H,22,25)(H,26,27)/t17-,19?/m0/s1. The van der Waals surface area contributed by atoms with Gasteiger partial charge in [-0.05, 0) is 29.7 Å². The maximum atomic E-state index is 12.6. The molecule has 2 aromatic rings. The number of ether oxygens (including phenoxy) is 2. The first-order chi connectivity index (χ1) is 14.2. The van der Waals surface area contributed by atoms with Crippen LogP contribution in [0.5, 0.6) is 0 Å². The molecule has 5 N–H and O–H groups in total. The molecule has 0 aliphatic heterocycles. The van der Waals surface area contributed by atoms with E-state index in [1.807, 2.05) is 6.07 Å². The number of amides is 1. The summed E-state index contributed by atoms with van der Waals surface area (Å²) < 4.78 is 22.3. The topological polar surface area (TPSA) is 148 Å². The van der Waals surface area contributed by atoms with Gasteiger partial charge >= 0.3 is 12.1 Å². The maximum Gasteiger partial charge on any atom is 0.408 e. The van der Waals surface area contributed by atoms with Crippen LogP contribution in [0.3, 0.4) is 0 Å². The molecule has 1 amide bonds. The molecule has 3 atom stereocenters.